The molecule has 1 heterocycles. The van der Waals surface area contributed by atoms with E-state index in [2.05, 4.69) is 4.90 Å². The highest BCUT2D eigenvalue weighted by atomic mass is 28.2. The molecule has 1 fully saturated rings. The summed E-state index contributed by atoms with van der Waals surface area (Å²) in [5.74, 6) is 0.161. The van der Waals surface area contributed by atoms with Crippen LogP contribution in [0, 0.1) is 0 Å². The van der Waals surface area contributed by atoms with Crippen molar-refractivity contribution in [2.45, 2.75) is 45.1 Å². The first-order valence-electron chi connectivity index (χ1n) is 6.82. The second kappa shape index (κ2) is 9.16. The molecule has 4 heteroatoms. The van der Waals surface area contributed by atoms with Gasteiger partial charge in [0.1, 0.15) is 5.91 Å². The molecule has 0 aromatic heterocycles. The van der Waals surface area contributed by atoms with Gasteiger partial charge in [-0.1, -0.05) is 6.04 Å². The van der Waals surface area contributed by atoms with E-state index in [0.29, 0.717) is 0 Å². The Morgan fingerprint density at radius 3 is 2.31 bits per heavy atom. The largest absolute Gasteiger partial charge is 0.357 e. The van der Waals surface area contributed by atoms with Crippen LogP contribution in [0.5, 0.6) is 0 Å². The van der Waals surface area contributed by atoms with Crippen LogP contribution in [0.4, 0.5) is 0 Å². The Hall–Kier alpha value is 0.0969. The monoisotopic (exact) mass is 245 g/mol. The first-order chi connectivity index (χ1) is 7.86. The van der Waals surface area contributed by atoms with Gasteiger partial charge in [-0.3, -0.25) is 0 Å². The lowest BCUT2D eigenvalue weighted by molar-refractivity contribution is -0.0827. The first-order valence-corrected chi connectivity index (χ1v) is 8.64. The SMILES string of the molecule is CCOC(OCC)[SiH2]CCCN1CCCC1. The highest BCUT2D eigenvalue weighted by molar-refractivity contribution is 6.36. The van der Waals surface area contributed by atoms with Crippen LogP contribution < -0.4 is 0 Å². The smallest absolute Gasteiger partial charge is 0.134 e. The van der Waals surface area contributed by atoms with Crippen molar-refractivity contribution in [2.75, 3.05) is 32.8 Å². The maximum atomic E-state index is 5.58. The molecule has 0 saturated carbocycles. The molecule has 0 aromatic rings. The summed E-state index contributed by atoms with van der Waals surface area (Å²) in [4.78, 5) is 2.59. The fourth-order valence-electron chi connectivity index (χ4n) is 2.24. The van der Waals surface area contributed by atoms with Crippen LogP contribution in [0.3, 0.4) is 0 Å². The molecule has 0 atom stereocenters. The fourth-order valence-corrected chi connectivity index (χ4v) is 3.89. The summed E-state index contributed by atoms with van der Waals surface area (Å²) in [6, 6.07) is 1.35. The van der Waals surface area contributed by atoms with Gasteiger partial charge in [-0.25, -0.2) is 0 Å². The standard InChI is InChI=1S/C12H27NO2Si/c1-3-14-12(15-4-2)16-11-7-10-13-8-5-6-9-13/h12H,3-11,16H2,1-2H3. The average Bonchev–Trinajstić information content (AvgIpc) is 2.78. The molecule has 0 spiro atoms. The predicted octanol–water partition coefficient (Wildman–Crippen LogP) is 1.42. The molecular weight excluding hydrogens is 218 g/mol. The van der Waals surface area contributed by atoms with Crippen molar-refractivity contribution in [3.63, 3.8) is 0 Å². The minimum Gasteiger partial charge on any atom is -0.357 e. The Balaban J connectivity index is 1.98. The Morgan fingerprint density at radius 1 is 1.12 bits per heavy atom. The van der Waals surface area contributed by atoms with Gasteiger partial charge in [0.2, 0.25) is 0 Å². The summed E-state index contributed by atoms with van der Waals surface area (Å²) in [6.45, 7) is 9.59. The quantitative estimate of drug-likeness (QED) is 0.348. The summed E-state index contributed by atoms with van der Waals surface area (Å²) in [6.07, 6.45) is 4.14. The third kappa shape index (κ3) is 5.99. The lowest BCUT2D eigenvalue weighted by Crippen LogP contribution is -2.26. The molecule has 1 aliphatic rings. The van der Waals surface area contributed by atoms with Crippen molar-refractivity contribution < 1.29 is 9.47 Å². The summed E-state index contributed by atoms with van der Waals surface area (Å²) in [5, 5.41) is 0. The van der Waals surface area contributed by atoms with Crippen LogP contribution in [-0.4, -0.2) is 53.2 Å². The lowest BCUT2D eigenvalue weighted by Gasteiger charge is -2.18. The number of likely N-dealkylation sites (tertiary alicyclic amines) is 1. The van der Waals surface area contributed by atoms with Crippen LogP contribution in [-0.2, 0) is 9.47 Å². The molecule has 0 aromatic carbocycles. The normalized spacial score (nSPS) is 18.2. The molecular formula is C12H27NO2Si. The number of hydrogen-bond acceptors (Lipinski definition) is 3. The van der Waals surface area contributed by atoms with Crippen LogP contribution >= 0.6 is 0 Å². The lowest BCUT2D eigenvalue weighted by atomic mass is 10.4. The molecule has 16 heavy (non-hydrogen) atoms. The molecule has 0 amide bonds. The van der Waals surface area contributed by atoms with Crippen molar-refractivity contribution in [2.24, 2.45) is 0 Å². The zero-order valence-electron chi connectivity index (χ0n) is 10.9. The molecule has 3 nitrogen and oxygen atoms in total. The van der Waals surface area contributed by atoms with Crippen LogP contribution in [0.1, 0.15) is 33.1 Å². The Kier molecular flexibility index (Phi) is 8.11. The van der Waals surface area contributed by atoms with E-state index in [9.17, 15) is 0 Å². The summed E-state index contributed by atoms with van der Waals surface area (Å²) in [7, 11) is -0.206. The van der Waals surface area contributed by atoms with E-state index in [-0.39, 0.29) is 15.4 Å². The highest BCUT2D eigenvalue weighted by Crippen LogP contribution is 2.08. The van der Waals surface area contributed by atoms with E-state index >= 15 is 0 Å². The van der Waals surface area contributed by atoms with Crippen molar-refractivity contribution in [3.05, 3.63) is 0 Å². The maximum absolute atomic E-state index is 5.58. The highest BCUT2D eigenvalue weighted by Gasteiger charge is 2.12. The molecule has 1 rings (SSSR count). The molecule has 96 valence electrons. The van der Waals surface area contributed by atoms with Crippen LogP contribution in [0.25, 0.3) is 0 Å². The minimum absolute atomic E-state index is 0.161. The van der Waals surface area contributed by atoms with Gasteiger partial charge >= 0.3 is 0 Å². The van der Waals surface area contributed by atoms with Gasteiger partial charge in [0.15, 0.2) is 0 Å². The van der Waals surface area contributed by atoms with Gasteiger partial charge in [0.05, 0.1) is 9.52 Å². The van der Waals surface area contributed by atoms with E-state index in [0.717, 1.165) is 13.2 Å². The maximum Gasteiger partial charge on any atom is 0.134 e. The Bertz CT molecular complexity index is 157. The topological polar surface area (TPSA) is 21.7 Å². The molecule has 1 saturated heterocycles. The van der Waals surface area contributed by atoms with E-state index in [1.165, 1.54) is 44.9 Å². The van der Waals surface area contributed by atoms with Gasteiger partial charge < -0.3 is 14.4 Å². The predicted molar refractivity (Wildman–Crippen MR) is 70.7 cm³/mol. The van der Waals surface area contributed by atoms with E-state index in [1.807, 2.05) is 13.8 Å². The average molecular weight is 245 g/mol. The summed E-state index contributed by atoms with van der Waals surface area (Å²) < 4.78 is 11.2. The van der Waals surface area contributed by atoms with Crippen molar-refractivity contribution in [1.29, 1.82) is 0 Å². The third-order valence-electron chi connectivity index (χ3n) is 3.07. The van der Waals surface area contributed by atoms with Gasteiger partial charge in [-0.15, -0.1) is 0 Å². The zero-order chi connectivity index (χ0) is 11.6. The van der Waals surface area contributed by atoms with Crippen molar-refractivity contribution >= 4 is 9.52 Å². The Morgan fingerprint density at radius 2 is 1.75 bits per heavy atom. The molecule has 1 aliphatic heterocycles. The number of nitrogens with zero attached hydrogens (tertiary/aromatic N) is 1. The second-order valence-electron chi connectivity index (χ2n) is 4.38. The molecule has 0 N–H and O–H groups in total. The first kappa shape index (κ1) is 14.2. The summed E-state index contributed by atoms with van der Waals surface area (Å²) in [5.41, 5.74) is 0. The van der Waals surface area contributed by atoms with Gasteiger partial charge in [-0.05, 0) is 52.7 Å². The fraction of sp³-hybridized carbons (Fsp3) is 1.00. The second-order valence-corrected chi connectivity index (χ2v) is 6.34. The number of hydrogen-bond donors (Lipinski definition) is 0. The van der Waals surface area contributed by atoms with Gasteiger partial charge in [0, 0.05) is 13.2 Å². The van der Waals surface area contributed by atoms with Crippen LogP contribution in [0.2, 0.25) is 6.04 Å². The van der Waals surface area contributed by atoms with E-state index < -0.39 is 0 Å². The molecule has 0 unspecified atom stereocenters. The number of rotatable bonds is 9. The zero-order valence-corrected chi connectivity index (χ0v) is 12.3. The van der Waals surface area contributed by atoms with Gasteiger partial charge in [0.25, 0.3) is 0 Å². The number of ether oxygens (including phenoxy) is 2. The van der Waals surface area contributed by atoms with Crippen molar-refractivity contribution in [1.82, 2.24) is 4.90 Å². The van der Waals surface area contributed by atoms with Gasteiger partial charge in [-0.2, -0.15) is 0 Å². The third-order valence-corrected chi connectivity index (χ3v) is 4.92. The Labute approximate surface area is 102 Å². The minimum atomic E-state index is -0.206. The summed E-state index contributed by atoms with van der Waals surface area (Å²) >= 11 is 0. The molecule has 0 radical (unpaired) electrons. The van der Waals surface area contributed by atoms with E-state index in [4.69, 9.17) is 9.47 Å². The molecule has 0 bridgehead atoms. The molecule has 0 aliphatic carbocycles. The van der Waals surface area contributed by atoms with E-state index in [1.54, 1.807) is 0 Å². The van der Waals surface area contributed by atoms with Crippen LogP contribution in [0.15, 0.2) is 0 Å². The van der Waals surface area contributed by atoms with Crippen molar-refractivity contribution in [3.8, 4) is 0 Å².